The van der Waals surface area contributed by atoms with Crippen molar-refractivity contribution in [2.45, 2.75) is 31.7 Å². The number of nitriles is 1. The third-order valence-corrected chi connectivity index (χ3v) is 3.84. The van der Waals surface area contributed by atoms with E-state index in [0.717, 1.165) is 23.3 Å². The maximum Gasteiger partial charge on any atom is 0.111 e. The van der Waals surface area contributed by atoms with E-state index in [9.17, 15) is 0 Å². The number of rotatable bonds is 3. The van der Waals surface area contributed by atoms with Gasteiger partial charge in [-0.25, -0.2) is 4.98 Å². The van der Waals surface area contributed by atoms with Gasteiger partial charge in [0.25, 0.3) is 0 Å². The molecule has 1 aliphatic carbocycles. The molecule has 4 heteroatoms. The van der Waals surface area contributed by atoms with E-state index in [-0.39, 0.29) is 0 Å². The van der Waals surface area contributed by atoms with Crippen molar-refractivity contribution in [1.82, 2.24) is 9.55 Å². The van der Waals surface area contributed by atoms with Gasteiger partial charge in [-0.2, -0.15) is 5.26 Å². The van der Waals surface area contributed by atoms with Crippen molar-refractivity contribution in [3.8, 4) is 6.07 Å². The summed E-state index contributed by atoms with van der Waals surface area (Å²) >= 11 is 5.85. The molecule has 0 N–H and O–H groups in total. The van der Waals surface area contributed by atoms with Crippen molar-refractivity contribution in [2.75, 3.05) is 5.88 Å². The highest BCUT2D eigenvalue weighted by atomic mass is 35.5. The molecule has 3 nitrogen and oxygen atoms in total. The molecule has 92 valence electrons. The molecule has 1 heterocycles. The van der Waals surface area contributed by atoms with E-state index >= 15 is 0 Å². The Morgan fingerprint density at radius 2 is 2.28 bits per heavy atom. The van der Waals surface area contributed by atoms with Gasteiger partial charge in [-0.3, -0.25) is 0 Å². The summed E-state index contributed by atoms with van der Waals surface area (Å²) in [7, 11) is 0. The standard InChI is InChI=1S/C14H14ClN3/c15-7-6-14-17-12-5-4-10(9-16)8-13(12)18(14)11-2-1-3-11/h4-5,8,11H,1-3,6-7H2. The van der Waals surface area contributed by atoms with Gasteiger partial charge in [0, 0.05) is 18.3 Å². The lowest BCUT2D eigenvalue weighted by Crippen LogP contribution is -2.19. The van der Waals surface area contributed by atoms with E-state index in [2.05, 4.69) is 15.6 Å². The Kier molecular flexibility index (Phi) is 2.97. The van der Waals surface area contributed by atoms with Crippen molar-refractivity contribution in [3.05, 3.63) is 29.6 Å². The minimum absolute atomic E-state index is 0.544. The summed E-state index contributed by atoms with van der Waals surface area (Å²) in [5.74, 6) is 1.64. The summed E-state index contributed by atoms with van der Waals surface area (Å²) in [6, 6.07) is 8.44. The van der Waals surface area contributed by atoms with Gasteiger partial charge in [-0.1, -0.05) is 0 Å². The van der Waals surface area contributed by atoms with Crippen LogP contribution in [0.1, 0.15) is 36.7 Å². The van der Waals surface area contributed by atoms with Gasteiger partial charge in [0.05, 0.1) is 22.7 Å². The van der Waals surface area contributed by atoms with Gasteiger partial charge in [-0.05, 0) is 37.5 Å². The first-order valence-corrected chi connectivity index (χ1v) is 6.84. The van der Waals surface area contributed by atoms with E-state index < -0.39 is 0 Å². The molecule has 0 amide bonds. The maximum absolute atomic E-state index is 9.01. The van der Waals surface area contributed by atoms with Crippen LogP contribution < -0.4 is 0 Å². The van der Waals surface area contributed by atoms with Crippen LogP contribution in [0.5, 0.6) is 0 Å². The summed E-state index contributed by atoms with van der Waals surface area (Å²) in [4.78, 5) is 4.65. The number of aryl methyl sites for hydroxylation is 1. The van der Waals surface area contributed by atoms with Crippen LogP contribution >= 0.6 is 11.6 Å². The summed E-state index contributed by atoms with van der Waals surface area (Å²) in [5.41, 5.74) is 2.75. The van der Waals surface area contributed by atoms with Gasteiger partial charge >= 0.3 is 0 Å². The van der Waals surface area contributed by atoms with Gasteiger partial charge in [0.15, 0.2) is 0 Å². The first-order valence-electron chi connectivity index (χ1n) is 6.30. The van der Waals surface area contributed by atoms with Gasteiger partial charge in [0.1, 0.15) is 5.82 Å². The van der Waals surface area contributed by atoms with Gasteiger partial charge < -0.3 is 4.57 Å². The summed E-state index contributed by atoms with van der Waals surface area (Å²) in [5, 5.41) is 9.01. The normalized spacial score (nSPS) is 15.6. The summed E-state index contributed by atoms with van der Waals surface area (Å²) < 4.78 is 2.29. The smallest absolute Gasteiger partial charge is 0.111 e. The van der Waals surface area contributed by atoms with E-state index in [4.69, 9.17) is 16.9 Å². The number of alkyl halides is 1. The molecule has 0 radical (unpaired) electrons. The van der Waals surface area contributed by atoms with Gasteiger partial charge in [-0.15, -0.1) is 11.6 Å². The van der Waals surface area contributed by atoms with Crippen molar-refractivity contribution in [3.63, 3.8) is 0 Å². The zero-order valence-corrected chi connectivity index (χ0v) is 10.8. The first kappa shape index (κ1) is 11.6. The number of benzene rings is 1. The molecule has 3 rings (SSSR count). The Morgan fingerprint density at radius 1 is 1.44 bits per heavy atom. The molecule has 0 saturated heterocycles. The van der Waals surface area contributed by atoms with Crippen LogP contribution in [0.15, 0.2) is 18.2 Å². The van der Waals surface area contributed by atoms with E-state index in [1.807, 2.05) is 18.2 Å². The van der Waals surface area contributed by atoms with Gasteiger partial charge in [0.2, 0.25) is 0 Å². The Morgan fingerprint density at radius 3 is 2.89 bits per heavy atom. The van der Waals surface area contributed by atoms with Crippen LogP contribution in [0.3, 0.4) is 0 Å². The molecular formula is C14H14ClN3. The van der Waals surface area contributed by atoms with E-state index in [1.165, 1.54) is 19.3 Å². The molecule has 1 fully saturated rings. The topological polar surface area (TPSA) is 41.6 Å². The lowest BCUT2D eigenvalue weighted by Gasteiger charge is -2.29. The van der Waals surface area contributed by atoms with E-state index in [0.29, 0.717) is 17.5 Å². The molecule has 1 saturated carbocycles. The number of nitrogens with zero attached hydrogens (tertiary/aromatic N) is 3. The second kappa shape index (κ2) is 4.62. The van der Waals surface area contributed by atoms with Crippen molar-refractivity contribution in [2.24, 2.45) is 0 Å². The fourth-order valence-corrected chi connectivity index (χ4v) is 2.69. The minimum atomic E-state index is 0.544. The fraction of sp³-hybridized carbons (Fsp3) is 0.429. The first-order chi connectivity index (χ1) is 8.83. The van der Waals surface area contributed by atoms with Crippen LogP contribution in [0.25, 0.3) is 11.0 Å². The highest BCUT2D eigenvalue weighted by molar-refractivity contribution is 6.17. The number of aromatic nitrogens is 2. The predicted octanol–water partition coefficient (Wildman–Crippen LogP) is 3.41. The molecule has 0 bridgehead atoms. The summed E-state index contributed by atoms with van der Waals surface area (Å²) in [6.45, 7) is 0. The lowest BCUT2D eigenvalue weighted by molar-refractivity contribution is 0.314. The predicted molar refractivity (Wildman–Crippen MR) is 71.8 cm³/mol. The molecule has 18 heavy (non-hydrogen) atoms. The van der Waals surface area contributed by atoms with Crippen LogP contribution in [0, 0.1) is 11.3 Å². The monoisotopic (exact) mass is 259 g/mol. The quantitative estimate of drug-likeness (QED) is 0.793. The Balaban J connectivity index is 2.18. The number of fused-ring (bicyclic) bond motifs is 1. The molecule has 1 aromatic heterocycles. The highest BCUT2D eigenvalue weighted by Gasteiger charge is 2.24. The second-order valence-electron chi connectivity index (χ2n) is 4.74. The zero-order chi connectivity index (χ0) is 12.5. The average Bonchev–Trinajstić information content (AvgIpc) is 2.66. The largest absolute Gasteiger partial charge is 0.325 e. The number of imidazole rings is 1. The van der Waals surface area contributed by atoms with Crippen molar-refractivity contribution >= 4 is 22.6 Å². The van der Waals surface area contributed by atoms with Crippen molar-refractivity contribution < 1.29 is 0 Å². The Hall–Kier alpha value is -1.53. The minimum Gasteiger partial charge on any atom is -0.325 e. The van der Waals surface area contributed by atoms with Crippen LogP contribution in [-0.2, 0) is 6.42 Å². The lowest BCUT2D eigenvalue weighted by atomic mass is 9.92. The molecule has 0 unspecified atom stereocenters. The average molecular weight is 260 g/mol. The number of halogens is 1. The SMILES string of the molecule is N#Cc1ccc2nc(CCCl)n(C3CCC3)c2c1. The molecule has 2 aromatic rings. The maximum atomic E-state index is 9.01. The van der Waals surface area contributed by atoms with Crippen LogP contribution in [-0.4, -0.2) is 15.4 Å². The van der Waals surface area contributed by atoms with Crippen molar-refractivity contribution in [1.29, 1.82) is 5.26 Å². The third kappa shape index (κ3) is 1.77. The summed E-state index contributed by atoms with van der Waals surface area (Å²) in [6.07, 6.45) is 4.48. The molecule has 1 aromatic carbocycles. The zero-order valence-electron chi connectivity index (χ0n) is 10.1. The molecule has 1 aliphatic rings. The molecular weight excluding hydrogens is 246 g/mol. The Labute approximate surface area is 111 Å². The van der Waals surface area contributed by atoms with Crippen LogP contribution in [0.2, 0.25) is 0 Å². The Bertz CT molecular complexity index is 620. The second-order valence-corrected chi connectivity index (χ2v) is 5.12. The molecule has 0 atom stereocenters. The van der Waals surface area contributed by atoms with Crippen LogP contribution in [0.4, 0.5) is 0 Å². The third-order valence-electron chi connectivity index (χ3n) is 3.65. The highest BCUT2D eigenvalue weighted by Crippen LogP contribution is 2.35. The molecule has 0 spiro atoms. The number of hydrogen-bond acceptors (Lipinski definition) is 2. The molecule has 0 aliphatic heterocycles. The fourth-order valence-electron chi connectivity index (χ4n) is 2.53. The number of hydrogen-bond donors (Lipinski definition) is 0. The van der Waals surface area contributed by atoms with E-state index in [1.54, 1.807) is 0 Å².